The van der Waals surface area contributed by atoms with Crippen LogP contribution in [-0.4, -0.2) is 32.8 Å². The fourth-order valence-corrected chi connectivity index (χ4v) is 3.39. The van der Waals surface area contributed by atoms with Crippen molar-refractivity contribution in [2.45, 2.75) is 25.3 Å². The predicted molar refractivity (Wildman–Crippen MR) is 89.4 cm³/mol. The van der Waals surface area contributed by atoms with E-state index in [1.54, 1.807) is 0 Å². The van der Waals surface area contributed by atoms with E-state index in [1.165, 1.54) is 5.56 Å². The molecule has 23 heavy (non-hydrogen) atoms. The number of amides is 1. The van der Waals surface area contributed by atoms with E-state index in [1.807, 2.05) is 46.0 Å². The van der Waals surface area contributed by atoms with E-state index < -0.39 is 0 Å². The predicted octanol–water partition coefficient (Wildman–Crippen LogP) is 3.18. The van der Waals surface area contributed by atoms with Crippen LogP contribution < -0.4 is 0 Å². The van der Waals surface area contributed by atoms with Crippen molar-refractivity contribution in [3.05, 3.63) is 72.2 Å². The van der Waals surface area contributed by atoms with Gasteiger partial charge in [-0.2, -0.15) is 0 Å². The van der Waals surface area contributed by atoms with Crippen LogP contribution in [0, 0.1) is 0 Å². The number of aromatic nitrogens is 2. The molecule has 0 aliphatic carbocycles. The van der Waals surface area contributed by atoms with Crippen molar-refractivity contribution >= 4 is 11.6 Å². The third-order valence-corrected chi connectivity index (χ3v) is 4.54. The van der Waals surface area contributed by atoms with Crippen molar-refractivity contribution in [2.24, 2.45) is 0 Å². The molecule has 1 aliphatic rings. The molecule has 3 aromatic rings. The summed E-state index contributed by atoms with van der Waals surface area (Å²) in [5.74, 6) is 0.0483. The Morgan fingerprint density at radius 3 is 2.78 bits per heavy atom. The second-order valence-corrected chi connectivity index (χ2v) is 6.08. The summed E-state index contributed by atoms with van der Waals surface area (Å²) in [5.41, 5.74) is 2.64. The lowest BCUT2D eigenvalue weighted by atomic mass is 10.0. The van der Waals surface area contributed by atoms with E-state index in [4.69, 9.17) is 0 Å². The van der Waals surface area contributed by atoms with Crippen LogP contribution in [0.1, 0.15) is 28.9 Å². The summed E-state index contributed by atoms with van der Waals surface area (Å²) in [7, 11) is 0. The molecule has 0 radical (unpaired) electrons. The molecular weight excluding hydrogens is 286 g/mol. The van der Waals surface area contributed by atoms with Gasteiger partial charge in [0.2, 0.25) is 0 Å². The third kappa shape index (κ3) is 2.72. The fourth-order valence-electron chi connectivity index (χ4n) is 3.39. The van der Waals surface area contributed by atoms with E-state index in [0.29, 0.717) is 5.69 Å². The average Bonchev–Trinajstić information content (AvgIpc) is 3.21. The van der Waals surface area contributed by atoms with Gasteiger partial charge in [-0.25, -0.2) is 4.98 Å². The van der Waals surface area contributed by atoms with Gasteiger partial charge in [0.05, 0.1) is 0 Å². The lowest BCUT2D eigenvalue weighted by Crippen LogP contribution is -2.37. The number of fused-ring (bicyclic) bond motifs is 1. The number of hydrogen-bond donors (Lipinski definition) is 0. The summed E-state index contributed by atoms with van der Waals surface area (Å²) in [6.45, 7) is 0.824. The summed E-state index contributed by atoms with van der Waals surface area (Å²) >= 11 is 0. The standard InChI is InChI=1S/C19H19N3O/c23-19(17-14-21-11-5-4-10-18(21)20-17)22-12-6-9-16(22)13-15-7-2-1-3-8-15/h1-5,7-8,10-11,14,16H,6,9,12-13H2. The van der Waals surface area contributed by atoms with Crippen LogP contribution in [0.4, 0.5) is 0 Å². The highest BCUT2D eigenvalue weighted by Crippen LogP contribution is 2.23. The van der Waals surface area contributed by atoms with Gasteiger partial charge < -0.3 is 9.30 Å². The van der Waals surface area contributed by atoms with Gasteiger partial charge in [0.1, 0.15) is 11.3 Å². The smallest absolute Gasteiger partial charge is 0.274 e. The van der Waals surface area contributed by atoms with Gasteiger partial charge in [-0.3, -0.25) is 4.79 Å². The van der Waals surface area contributed by atoms with Gasteiger partial charge in [0, 0.05) is 25.0 Å². The molecule has 116 valence electrons. The minimum Gasteiger partial charge on any atom is -0.334 e. The van der Waals surface area contributed by atoms with Gasteiger partial charge >= 0.3 is 0 Å². The first-order valence-electron chi connectivity index (χ1n) is 8.10. The number of carbonyl (C=O) groups is 1. The minimum absolute atomic E-state index is 0.0483. The molecule has 1 aliphatic heterocycles. The highest BCUT2D eigenvalue weighted by Gasteiger charge is 2.30. The molecule has 1 fully saturated rings. The number of hydrogen-bond acceptors (Lipinski definition) is 2. The number of imidazole rings is 1. The lowest BCUT2D eigenvalue weighted by molar-refractivity contribution is 0.0731. The molecule has 1 unspecified atom stereocenters. The van der Waals surface area contributed by atoms with E-state index in [2.05, 4.69) is 29.2 Å². The second-order valence-electron chi connectivity index (χ2n) is 6.08. The molecule has 1 saturated heterocycles. The maximum Gasteiger partial charge on any atom is 0.274 e. The Hall–Kier alpha value is -2.62. The zero-order chi connectivity index (χ0) is 15.6. The molecule has 4 rings (SSSR count). The SMILES string of the molecule is O=C(c1cn2ccccc2n1)N1CCCC1Cc1ccccc1. The summed E-state index contributed by atoms with van der Waals surface area (Å²) in [5, 5.41) is 0. The van der Waals surface area contributed by atoms with Gasteiger partial charge in [-0.05, 0) is 37.0 Å². The monoisotopic (exact) mass is 305 g/mol. The lowest BCUT2D eigenvalue weighted by Gasteiger charge is -2.24. The number of likely N-dealkylation sites (tertiary alicyclic amines) is 1. The van der Waals surface area contributed by atoms with Crippen LogP contribution in [0.15, 0.2) is 60.9 Å². The Bertz CT molecular complexity index is 792. The Balaban J connectivity index is 1.56. The van der Waals surface area contributed by atoms with Crippen molar-refractivity contribution in [2.75, 3.05) is 6.54 Å². The molecule has 1 amide bonds. The Labute approximate surface area is 135 Å². The molecule has 0 bridgehead atoms. The molecular formula is C19H19N3O. The average molecular weight is 305 g/mol. The molecule has 0 N–H and O–H groups in total. The highest BCUT2D eigenvalue weighted by molar-refractivity contribution is 5.93. The number of benzene rings is 1. The molecule has 2 aromatic heterocycles. The normalized spacial score (nSPS) is 17.7. The summed E-state index contributed by atoms with van der Waals surface area (Å²) in [4.78, 5) is 19.3. The number of pyridine rings is 1. The largest absolute Gasteiger partial charge is 0.334 e. The van der Waals surface area contributed by atoms with Crippen LogP contribution in [0.2, 0.25) is 0 Å². The summed E-state index contributed by atoms with van der Waals surface area (Å²) in [6.07, 6.45) is 6.80. The van der Waals surface area contributed by atoms with Crippen molar-refractivity contribution < 1.29 is 4.79 Å². The molecule has 1 atom stereocenters. The van der Waals surface area contributed by atoms with Crippen LogP contribution in [0.25, 0.3) is 5.65 Å². The second kappa shape index (κ2) is 5.88. The van der Waals surface area contributed by atoms with Gasteiger partial charge in [-0.15, -0.1) is 0 Å². The maximum atomic E-state index is 12.9. The Morgan fingerprint density at radius 2 is 1.96 bits per heavy atom. The first-order valence-corrected chi connectivity index (χ1v) is 8.10. The highest BCUT2D eigenvalue weighted by atomic mass is 16.2. The minimum atomic E-state index is 0.0483. The fraction of sp³-hybridized carbons (Fsp3) is 0.263. The molecule has 1 aromatic carbocycles. The van der Waals surface area contributed by atoms with E-state index in [-0.39, 0.29) is 11.9 Å². The molecule has 4 nitrogen and oxygen atoms in total. The molecule has 0 saturated carbocycles. The van der Waals surface area contributed by atoms with Crippen molar-refractivity contribution in [3.63, 3.8) is 0 Å². The van der Waals surface area contributed by atoms with Crippen LogP contribution in [0.5, 0.6) is 0 Å². The first kappa shape index (κ1) is 14.0. The van der Waals surface area contributed by atoms with Crippen molar-refractivity contribution in [3.8, 4) is 0 Å². The first-order chi connectivity index (χ1) is 11.3. The quantitative estimate of drug-likeness (QED) is 0.745. The van der Waals surface area contributed by atoms with E-state index in [0.717, 1.165) is 31.5 Å². The van der Waals surface area contributed by atoms with Gasteiger partial charge in [-0.1, -0.05) is 36.4 Å². The Morgan fingerprint density at radius 1 is 1.13 bits per heavy atom. The van der Waals surface area contributed by atoms with E-state index in [9.17, 15) is 4.79 Å². The molecule has 0 spiro atoms. The third-order valence-electron chi connectivity index (χ3n) is 4.54. The van der Waals surface area contributed by atoms with Crippen LogP contribution in [-0.2, 0) is 6.42 Å². The van der Waals surface area contributed by atoms with E-state index >= 15 is 0 Å². The summed E-state index contributed by atoms with van der Waals surface area (Å²) in [6, 6.07) is 16.5. The van der Waals surface area contributed by atoms with Crippen LogP contribution in [0.3, 0.4) is 0 Å². The number of nitrogens with zero attached hydrogens (tertiary/aromatic N) is 3. The van der Waals surface area contributed by atoms with Crippen LogP contribution >= 0.6 is 0 Å². The van der Waals surface area contributed by atoms with Crippen molar-refractivity contribution in [1.29, 1.82) is 0 Å². The molecule has 4 heteroatoms. The van der Waals surface area contributed by atoms with Gasteiger partial charge in [0.25, 0.3) is 5.91 Å². The summed E-state index contributed by atoms with van der Waals surface area (Å²) < 4.78 is 1.90. The Kier molecular flexibility index (Phi) is 3.58. The zero-order valence-corrected chi connectivity index (χ0v) is 12.9. The zero-order valence-electron chi connectivity index (χ0n) is 12.9. The topological polar surface area (TPSA) is 37.6 Å². The van der Waals surface area contributed by atoms with Gasteiger partial charge in [0.15, 0.2) is 0 Å². The van der Waals surface area contributed by atoms with Crippen molar-refractivity contribution in [1.82, 2.24) is 14.3 Å². The number of rotatable bonds is 3. The number of carbonyl (C=O) groups excluding carboxylic acids is 1. The molecule has 3 heterocycles. The maximum absolute atomic E-state index is 12.9.